The van der Waals surface area contributed by atoms with Gasteiger partial charge in [-0.15, -0.1) is 0 Å². The second-order valence-corrected chi connectivity index (χ2v) is 8.51. The molecular formula is C18H18FN5O3S. The van der Waals surface area contributed by atoms with E-state index in [0.717, 1.165) is 12.1 Å². The first kappa shape index (κ1) is 18.5. The van der Waals surface area contributed by atoms with E-state index in [4.69, 9.17) is 0 Å². The number of carbonyl (C=O) groups is 1. The smallest absolute Gasteiger partial charge is 0.243 e. The molecule has 1 aromatic carbocycles. The van der Waals surface area contributed by atoms with Gasteiger partial charge in [0.1, 0.15) is 11.6 Å². The summed E-state index contributed by atoms with van der Waals surface area (Å²) in [7, 11) is -3.78. The van der Waals surface area contributed by atoms with Gasteiger partial charge in [-0.3, -0.25) is 4.79 Å². The van der Waals surface area contributed by atoms with E-state index >= 15 is 0 Å². The van der Waals surface area contributed by atoms with Crippen molar-refractivity contribution in [3.05, 3.63) is 54.6 Å². The minimum absolute atomic E-state index is 0.0161. The first-order valence-corrected chi connectivity index (χ1v) is 10.2. The number of amides is 1. The van der Waals surface area contributed by atoms with Crippen LogP contribution in [0.15, 0.2) is 53.7 Å². The summed E-state index contributed by atoms with van der Waals surface area (Å²) >= 11 is 0. The fourth-order valence-electron chi connectivity index (χ4n) is 3.29. The van der Waals surface area contributed by atoms with Crippen LogP contribution in [0.1, 0.15) is 12.8 Å². The number of hydrogen-bond acceptors (Lipinski definition) is 5. The Kier molecular flexibility index (Phi) is 4.82. The van der Waals surface area contributed by atoms with Gasteiger partial charge in [0.2, 0.25) is 15.9 Å². The molecule has 1 aliphatic heterocycles. The molecule has 4 rings (SSSR count). The third-order valence-electron chi connectivity index (χ3n) is 4.75. The number of piperidine rings is 1. The van der Waals surface area contributed by atoms with Gasteiger partial charge in [0.05, 0.1) is 17.0 Å². The lowest BCUT2D eigenvalue weighted by molar-refractivity contribution is -0.120. The summed E-state index contributed by atoms with van der Waals surface area (Å²) in [6, 6.07) is 8.04. The van der Waals surface area contributed by atoms with Crippen LogP contribution in [0.5, 0.6) is 0 Å². The molecule has 0 spiro atoms. The van der Waals surface area contributed by atoms with E-state index in [1.54, 1.807) is 24.5 Å². The van der Waals surface area contributed by atoms with Gasteiger partial charge in [-0.25, -0.2) is 17.8 Å². The number of aromatic nitrogens is 3. The molecular weight excluding hydrogens is 385 g/mol. The molecule has 3 heterocycles. The standard InChI is InChI=1S/C18H18FN5O3S/c19-14-3-5-15(6-4-14)28(26,27)23-11-1-2-13(12-23)18(25)22-17-7-9-20-16-8-10-21-24(16)17/h3-10,13H,1-2,11-12H2,(H,22,25). The largest absolute Gasteiger partial charge is 0.310 e. The van der Waals surface area contributed by atoms with Crippen LogP contribution in [0.4, 0.5) is 10.2 Å². The number of anilines is 1. The Morgan fingerprint density at radius 2 is 1.93 bits per heavy atom. The van der Waals surface area contributed by atoms with Crippen LogP contribution < -0.4 is 5.32 Å². The van der Waals surface area contributed by atoms with Gasteiger partial charge in [-0.2, -0.15) is 13.9 Å². The van der Waals surface area contributed by atoms with Crippen molar-refractivity contribution in [2.24, 2.45) is 5.92 Å². The summed E-state index contributed by atoms with van der Waals surface area (Å²) in [6.07, 6.45) is 4.29. The van der Waals surface area contributed by atoms with E-state index in [0.29, 0.717) is 30.9 Å². The number of rotatable bonds is 4. The van der Waals surface area contributed by atoms with E-state index in [9.17, 15) is 17.6 Å². The number of sulfonamides is 1. The average Bonchev–Trinajstić information content (AvgIpc) is 3.18. The summed E-state index contributed by atoms with van der Waals surface area (Å²) in [5.41, 5.74) is 0.599. The van der Waals surface area contributed by atoms with Crippen LogP contribution in [0.2, 0.25) is 0 Å². The zero-order valence-corrected chi connectivity index (χ0v) is 15.6. The number of nitrogens with one attached hydrogen (secondary N) is 1. The molecule has 0 saturated carbocycles. The van der Waals surface area contributed by atoms with Gasteiger partial charge in [0.15, 0.2) is 5.65 Å². The van der Waals surface area contributed by atoms with E-state index in [2.05, 4.69) is 15.4 Å². The molecule has 146 valence electrons. The first-order chi connectivity index (χ1) is 13.4. The van der Waals surface area contributed by atoms with Crippen molar-refractivity contribution in [1.82, 2.24) is 18.9 Å². The molecule has 28 heavy (non-hydrogen) atoms. The minimum Gasteiger partial charge on any atom is -0.310 e. The lowest BCUT2D eigenvalue weighted by atomic mass is 9.99. The Balaban J connectivity index is 1.51. The van der Waals surface area contributed by atoms with Crippen LogP contribution in [0.3, 0.4) is 0 Å². The Bertz CT molecular complexity index is 1110. The third-order valence-corrected chi connectivity index (χ3v) is 6.63. The molecule has 0 aliphatic carbocycles. The highest BCUT2D eigenvalue weighted by Gasteiger charge is 2.33. The highest BCUT2D eigenvalue weighted by atomic mass is 32.2. The second-order valence-electron chi connectivity index (χ2n) is 6.58. The van der Waals surface area contributed by atoms with Gasteiger partial charge < -0.3 is 5.32 Å². The van der Waals surface area contributed by atoms with Crippen molar-refractivity contribution >= 4 is 27.4 Å². The maximum absolute atomic E-state index is 13.1. The van der Waals surface area contributed by atoms with Crippen molar-refractivity contribution in [3.8, 4) is 0 Å². The third kappa shape index (κ3) is 3.48. The summed E-state index contributed by atoms with van der Waals surface area (Å²) in [4.78, 5) is 16.9. The second kappa shape index (κ2) is 7.28. The summed E-state index contributed by atoms with van der Waals surface area (Å²) < 4.78 is 41.5. The van der Waals surface area contributed by atoms with Crippen molar-refractivity contribution < 1.29 is 17.6 Å². The van der Waals surface area contributed by atoms with Crippen LogP contribution in [-0.2, 0) is 14.8 Å². The van der Waals surface area contributed by atoms with E-state index < -0.39 is 21.8 Å². The Morgan fingerprint density at radius 1 is 1.14 bits per heavy atom. The Labute approximate surface area is 161 Å². The molecule has 1 saturated heterocycles. The zero-order chi connectivity index (χ0) is 19.7. The molecule has 3 aromatic rings. The molecule has 2 aromatic heterocycles. The van der Waals surface area contributed by atoms with Gasteiger partial charge in [-0.1, -0.05) is 0 Å². The normalized spacial score (nSPS) is 18.2. The number of halogens is 1. The first-order valence-electron chi connectivity index (χ1n) is 8.80. The van der Waals surface area contributed by atoms with Crippen LogP contribution in [0.25, 0.3) is 5.65 Å². The number of benzene rings is 1. The van der Waals surface area contributed by atoms with Crippen LogP contribution in [-0.4, -0.2) is 46.3 Å². The highest BCUT2D eigenvalue weighted by Crippen LogP contribution is 2.25. The van der Waals surface area contributed by atoms with E-state index in [1.807, 2.05) is 0 Å². The SMILES string of the molecule is O=C(Nc1ccnc2ccnn12)C1CCCN(S(=O)(=O)c2ccc(F)cc2)C1. The highest BCUT2D eigenvalue weighted by molar-refractivity contribution is 7.89. The van der Waals surface area contributed by atoms with Crippen molar-refractivity contribution in [2.75, 3.05) is 18.4 Å². The van der Waals surface area contributed by atoms with Crippen LogP contribution in [0, 0.1) is 11.7 Å². The number of nitrogens with zero attached hydrogens (tertiary/aromatic N) is 4. The number of hydrogen-bond donors (Lipinski definition) is 1. The zero-order valence-electron chi connectivity index (χ0n) is 14.8. The maximum atomic E-state index is 13.1. The molecule has 0 bridgehead atoms. The van der Waals surface area contributed by atoms with Crippen molar-refractivity contribution in [3.63, 3.8) is 0 Å². The Hall–Kier alpha value is -2.85. The predicted octanol–water partition coefficient (Wildman–Crippen LogP) is 1.91. The quantitative estimate of drug-likeness (QED) is 0.718. The fourth-order valence-corrected chi connectivity index (χ4v) is 4.81. The monoisotopic (exact) mass is 403 g/mol. The molecule has 1 unspecified atom stereocenters. The van der Waals surface area contributed by atoms with Gasteiger partial charge in [0.25, 0.3) is 0 Å². The molecule has 10 heteroatoms. The summed E-state index contributed by atoms with van der Waals surface area (Å²) in [6.45, 7) is 0.390. The van der Waals surface area contributed by atoms with Gasteiger partial charge in [0, 0.05) is 25.4 Å². The molecule has 1 fully saturated rings. The van der Waals surface area contributed by atoms with Crippen molar-refractivity contribution in [1.29, 1.82) is 0 Å². The average molecular weight is 403 g/mol. The lowest BCUT2D eigenvalue weighted by Gasteiger charge is -2.31. The molecule has 8 nitrogen and oxygen atoms in total. The van der Waals surface area contributed by atoms with Crippen LogP contribution >= 0.6 is 0 Å². The Morgan fingerprint density at radius 3 is 2.71 bits per heavy atom. The number of carbonyl (C=O) groups excluding carboxylic acids is 1. The summed E-state index contributed by atoms with van der Waals surface area (Å²) in [5.74, 6) is -0.805. The molecule has 1 N–H and O–H groups in total. The number of fused-ring (bicyclic) bond motifs is 1. The molecule has 1 atom stereocenters. The minimum atomic E-state index is -3.78. The van der Waals surface area contributed by atoms with E-state index in [1.165, 1.54) is 21.0 Å². The predicted molar refractivity (Wildman–Crippen MR) is 99.5 cm³/mol. The lowest BCUT2D eigenvalue weighted by Crippen LogP contribution is -2.43. The molecule has 1 amide bonds. The van der Waals surface area contributed by atoms with Gasteiger partial charge >= 0.3 is 0 Å². The topological polar surface area (TPSA) is 96.7 Å². The van der Waals surface area contributed by atoms with E-state index in [-0.39, 0.29) is 17.3 Å². The molecule has 0 radical (unpaired) electrons. The maximum Gasteiger partial charge on any atom is 0.243 e. The van der Waals surface area contributed by atoms with Gasteiger partial charge in [-0.05, 0) is 43.2 Å². The fraction of sp³-hybridized carbons (Fsp3) is 0.278. The summed E-state index contributed by atoms with van der Waals surface area (Å²) in [5, 5.41) is 6.93. The van der Waals surface area contributed by atoms with Crippen molar-refractivity contribution in [2.45, 2.75) is 17.7 Å². The molecule has 1 aliphatic rings.